The monoisotopic (exact) mass is 293 g/mol. The Hall–Kier alpha value is -1.66. The summed E-state index contributed by atoms with van der Waals surface area (Å²) in [6.45, 7) is 4.33. The lowest BCUT2D eigenvalue weighted by Crippen LogP contribution is -2.30. The minimum absolute atomic E-state index is 0.0566. The lowest BCUT2D eigenvalue weighted by molar-refractivity contribution is -0.120. The smallest absolute Gasteiger partial charge is 0.227 e. The van der Waals surface area contributed by atoms with E-state index in [1.807, 2.05) is 30.7 Å². The highest BCUT2D eigenvalue weighted by atomic mass is 32.1. The van der Waals surface area contributed by atoms with Gasteiger partial charge in [0.15, 0.2) is 0 Å². The van der Waals surface area contributed by atoms with E-state index in [1.165, 1.54) is 0 Å². The molecule has 1 atom stereocenters. The van der Waals surface area contributed by atoms with E-state index in [0.717, 1.165) is 12.0 Å². The van der Waals surface area contributed by atoms with Crippen molar-refractivity contribution >= 4 is 17.2 Å². The average Bonchev–Trinajstić information content (AvgIpc) is 2.99. The summed E-state index contributed by atoms with van der Waals surface area (Å²) in [5.41, 5.74) is 7.27. The van der Waals surface area contributed by atoms with Crippen molar-refractivity contribution < 1.29 is 9.21 Å². The Morgan fingerprint density at radius 1 is 1.60 bits per heavy atom. The van der Waals surface area contributed by atoms with Gasteiger partial charge in [0.2, 0.25) is 11.8 Å². The largest absolute Gasteiger partial charge is 0.441 e. The zero-order valence-electron chi connectivity index (χ0n) is 11.7. The van der Waals surface area contributed by atoms with Crippen LogP contribution in [0.5, 0.6) is 0 Å². The van der Waals surface area contributed by atoms with E-state index in [0.29, 0.717) is 23.9 Å². The van der Waals surface area contributed by atoms with Crippen LogP contribution in [0.1, 0.15) is 24.8 Å². The number of amides is 1. The van der Waals surface area contributed by atoms with Crippen molar-refractivity contribution in [2.24, 2.45) is 5.73 Å². The third-order valence-corrected chi connectivity index (χ3v) is 3.59. The fraction of sp³-hybridized carbons (Fsp3) is 0.429. The summed E-state index contributed by atoms with van der Waals surface area (Å²) in [5.74, 6) is 1.20. The first kappa shape index (κ1) is 14.7. The summed E-state index contributed by atoms with van der Waals surface area (Å²) in [6.07, 6.45) is 1.00. The van der Waals surface area contributed by atoms with Gasteiger partial charge in [0.1, 0.15) is 5.76 Å². The first-order chi connectivity index (χ1) is 9.56. The standard InChI is InChI=1S/C14H19N3O2S/c1-9(15)3-5-16-13(18)7-12-10(2)19-14(17-12)11-4-6-20-8-11/h4,6,8-9H,3,5,7,15H2,1-2H3,(H,16,18). The van der Waals surface area contributed by atoms with Gasteiger partial charge in [-0.2, -0.15) is 11.3 Å². The predicted octanol–water partition coefficient (Wildman–Crippen LogP) is 2.11. The lowest BCUT2D eigenvalue weighted by Gasteiger charge is -2.06. The van der Waals surface area contributed by atoms with Crippen molar-refractivity contribution in [1.82, 2.24) is 10.3 Å². The fourth-order valence-corrected chi connectivity index (χ4v) is 2.39. The van der Waals surface area contributed by atoms with Crippen molar-refractivity contribution in [2.75, 3.05) is 6.54 Å². The molecule has 2 aromatic rings. The molecule has 5 nitrogen and oxygen atoms in total. The molecule has 20 heavy (non-hydrogen) atoms. The predicted molar refractivity (Wildman–Crippen MR) is 79.5 cm³/mol. The van der Waals surface area contributed by atoms with E-state index in [2.05, 4.69) is 10.3 Å². The second-order valence-corrected chi connectivity index (χ2v) is 5.61. The molecule has 1 unspecified atom stereocenters. The Labute approximate surface area is 122 Å². The summed E-state index contributed by atoms with van der Waals surface area (Å²) in [4.78, 5) is 16.2. The topological polar surface area (TPSA) is 81.2 Å². The zero-order valence-corrected chi connectivity index (χ0v) is 12.5. The Bertz CT molecular complexity index is 561. The molecule has 2 rings (SSSR count). The third kappa shape index (κ3) is 3.91. The summed E-state index contributed by atoms with van der Waals surface area (Å²) in [6, 6.07) is 2.04. The molecular formula is C14H19N3O2S. The number of nitrogens with one attached hydrogen (secondary N) is 1. The zero-order chi connectivity index (χ0) is 14.5. The molecule has 0 spiro atoms. The van der Waals surface area contributed by atoms with Crippen LogP contribution in [-0.2, 0) is 11.2 Å². The number of oxazole rings is 1. The summed E-state index contributed by atoms with van der Waals surface area (Å²) in [7, 11) is 0. The molecule has 6 heteroatoms. The Balaban J connectivity index is 1.94. The van der Waals surface area contributed by atoms with Crippen LogP contribution in [0.25, 0.3) is 11.5 Å². The van der Waals surface area contributed by atoms with Gasteiger partial charge < -0.3 is 15.5 Å². The molecule has 2 heterocycles. The van der Waals surface area contributed by atoms with E-state index in [-0.39, 0.29) is 18.4 Å². The highest BCUT2D eigenvalue weighted by Gasteiger charge is 2.14. The number of aryl methyl sites for hydroxylation is 1. The minimum atomic E-state index is -0.0566. The number of nitrogens with zero attached hydrogens (tertiary/aromatic N) is 1. The van der Waals surface area contributed by atoms with Crippen LogP contribution in [0.15, 0.2) is 21.2 Å². The number of aromatic nitrogens is 1. The Kier molecular flexibility index (Phi) is 4.92. The molecule has 2 aromatic heterocycles. The molecule has 0 saturated carbocycles. The molecule has 0 radical (unpaired) electrons. The second kappa shape index (κ2) is 6.67. The molecule has 0 aliphatic carbocycles. The number of nitrogens with two attached hydrogens (primary N) is 1. The molecule has 3 N–H and O–H groups in total. The van der Waals surface area contributed by atoms with Crippen LogP contribution in [0.2, 0.25) is 0 Å². The third-order valence-electron chi connectivity index (χ3n) is 2.91. The number of thiophene rings is 1. The Morgan fingerprint density at radius 3 is 3.05 bits per heavy atom. The quantitative estimate of drug-likeness (QED) is 0.854. The van der Waals surface area contributed by atoms with E-state index < -0.39 is 0 Å². The summed E-state index contributed by atoms with van der Waals surface area (Å²) in [5, 5.41) is 6.77. The molecular weight excluding hydrogens is 274 g/mol. The van der Waals surface area contributed by atoms with Gasteiger partial charge in [0, 0.05) is 23.5 Å². The van der Waals surface area contributed by atoms with Crippen LogP contribution >= 0.6 is 11.3 Å². The van der Waals surface area contributed by atoms with Crippen molar-refractivity contribution in [3.05, 3.63) is 28.3 Å². The summed E-state index contributed by atoms with van der Waals surface area (Å²) >= 11 is 1.59. The molecule has 0 aromatic carbocycles. The van der Waals surface area contributed by atoms with Crippen molar-refractivity contribution in [1.29, 1.82) is 0 Å². The van der Waals surface area contributed by atoms with Crippen LogP contribution in [0.3, 0.4) is 0 Å². The normalized spacial score (nSPS) is 12.3. The van der Waals surface area contributed by atoms with Gasteiger partial charge >= 0.3 is 0 Å². The first-order valence-electron chi connectivity index (χ1n) is 6.57. The van der Waals surface area contributed by atoms with Crippen LogP contribution < -0.4 is 11.1 Å². The SMILES string of the molecule is Cc1oc(-c2ccsc2)nc1CC(=O)NCCC(C)N. The van der Waals surface area contributed by atoms with E-state index in [1.54, 1.807) is 11.3 Å². The second-order valence-electron chi connectivity index (χ2n) is 4.83. The van der Waals surface area contributed by atoms with Gasteiger partial charge in [-0.05, 0) is 31.7 Å². The molecule has 108 valence electrons. The highest BCUT2D eigenvalue weighted by Crippen LogP contribution is 2.23. The maximum Gasteiger partial charge on any atom is 0.227 e. The number of hydrogen-bond acceptors (Lipinski definition) is 5. The van der Waals surface area contributed by atoms with Crippen molar-refractivity contribution in [3.8, 4) is 11.5 Å². The van der Waals surface area contributed by atoms with Gasteiger partial charge in [-0.3, -0.25) is 4.79 Å². The van der Waals surface area contributed by atoms with E-state index in [9.17, 15) is 4.79 Å². The highest BCUT2D eigenvalue weighted by molar-refractivity contribution is 7.08. The van der Waals surface area contributed by atoms with Gasteiger partial charge in [0.25, 0.3) is 0 Å². The van der Waals surface area contributed by atoms with Gasteiger partial charge in [-0.1, -0.05) is 0 Å². The van der Waals surface area contributed by atoms with Gasteiger partial charge in [-0.25, -0.2) is 4.98 Å². The summed E-state index contributed by atoms with van der Waals surface area (Å²) < 4.78 is 5.60. The average molecular weight is 293 g/mol. The fourth-order valence-electron chi connectivity index (χ4n) is 1.76. The molecule has 0 saturated heterocycles. The minimum Gasteiger partial charge on any atom is -0.441 e. The molecule has 0 aliphatic rings. The van der Waals surface area contributed by atoms with Crippen LogP contribution in [0, 0.1) is 6.92 Å². The molecule has 1 amide bonds. The number of carbonyl (C=O) groups excluding carboxylic acids is 1. The molecule has 0 bridgehead atoms. The maximum absolute atomic E-state index is 11.8. The van der Waals surface area contributed by atoms with Crippen LogP contribution in [0.4, 0.5) is 0 Å². The van der Waals surface area contributed by atoms with Crippen LogP contribution in [-0.4, -0.2) is 23.5 Å². The van der Waals surface area contributed by atoms with E-state index >= 15 is 0 Å². The Morgan fingerprint density at radius 2 is 2.40 bits per heavy atom. The maximum atomic E-state index is 11.8. The van der Waals surface area contributed by atoms with Gasteiger partial charge in [0.05, 0.1) is 12.1 Å². The molecule has 0 aliphatic heterocycles. The van der Waals surface area contributed by atoms with Crippen molar-refractivity contribution in [3.63, 3.8) is 0 Å². The number of rotatable bonds is 6. The molecule has 0 fully saturated rings. The number of hydrogen-bond donors (Lipinski definition) is 2. The van der Waals surface area contributed by atoms with E-state index in [4.69, 9.17) is 10.2 Å². The van der Waals surface area contributed by atoms with Gasteiger partial charge in [-0.15, -0.1) is 0 Å². The van der Waals surface area contributed by atoms with Crippen molar-refractivity contribution in [2.45, 2.75) is 32.7 Å². The lowest BCUT2D eigenvalue weighted by atomic mass is 10.2. The first-order valence-corrected chi connectivity index (χ1v) is 7.51. The number of carbonyl (C=O) groups is 1.